The van der Waals surface area contributed by atoms with Crippen molar-refractivity contribution in [2.75, 3.05) is 18.5 Å². The van der Waals surface area contributed by atoms with Crippen molar-refractivity contribution in [2.24, 2.45) is 5.73 Å². The van der Waals surface area contributed by atoms with Crippen molar-refractivity contribution in [3.8, 4) is 22.9 Å². The molecule has 2 heterocycles. The van der Waals surface area contributed by atoms with E-state index in [4.69, 9.17) is 15.6 Å². The molecule has 158 valence electrons. The molecular weight excluding hydrogens is 390 g/mol. The van der Waals surface area contributed by atoms with E-state index in [0.29, 0.717) is 23.8 Å². The van der Waals surface area contributed by atoms with Crippen LogP contribution in [0.1, 0.15) is 16.7 Å². The van der Waals surface area contributed by atoms with Gasteiger partial charge in [-0.1, -0.05) is 36.9 Å². The minimum Gasteiger partial charge on any atom is -0.437 e. The minimum absolute atomic E-state index is 0.000333. The molecule has 0 amide bonds. The SMILES string of the molecule is C=C(N)c1ccc(-c2cnc3c(NCCO)cc(Oc4ccccc4C)nn23)cc1C. The van der Waals surface area contributed by atoms with Crippen molar-refractivity contribution in [1.82, 2.24) is 14.6 Å². The molecule has 31 heavy (non-hydrogen) atoms. The van der Waals surface area contributed by atoms with Gasteiger partial charge in [-0.25, -0.2) is 9.50 Å². The number of anilines is 1. The Morgan fingerprint density at radius 3 is 2.68 bits per heavy atom. The fraction of sp³-hybridized carbons (Fsp3) is 0.167. The van der Waals surface area contributed by atoms with Crippen LogP contribution < -0.4 is 15.8 Å². The molecule has 0 unspecified atom stereocenters. The highest BCUT2D eigenvalue weighted by molar-refractivity contribution is 5.75. The van der Waals surface area contributed by atoms with Gasteiger partial charge in [-0.2, -0.15) is 0 Å². The van der Waals surface area contributed by atoms with E-state index in [1.165, 1.54) is 0 Å². The molecule has 4 rings (SSSR count). The third-order valence-electron chi connectivity index (χ3n) is 5.05. The third kappa shape index (κ3) is 4.08. The first kappa shape index (κ1) is 20.4. The summed E-state index contributed by atoms with van der Waals surface area (Å²) in [5, 5.41) is 17.2. The Bertz CT molecular complexity index is 1260. The van der Waals surface area contributed by atoms with Gasteiger partial charge >= 0.3 is 0 Å². The Morgan fingerprint density at radius 1 is 1.16 bits per heavy atom. The quantitative estimate of drug-likeness (QED) is 0.420. The van der Waals surface area contributed by atoms with Crippen LogP contribution in [0.5, 0.6) is 11.6 Å². The number of nitrogens with one attached hydrogen (secondary N) is 1. The Morgan fingerprint density at radius 2 is 1.97 bits per heavy atom. The Kier molecular flexibility index (Phi) is 5.60. The Balaban J connectivity index is 1.83. The molecular formula is C24H25N5O2. The highest BCUT2D eigenvalue weighted by Crippen LogP contribution is 2.30. The molecule has 2 aromatic heterocycles. The van der Waals surface area contributed by atoms with Gasteiger partial charge in [0.2, 0.25) is 5.88 Å². The van der Waals surface area contributed by atoms with Gasteiger partial charge < -0.3 is 20.9 Å². The van der Waals surface area contributed by atoms with Gasteiger partial charge in [-0.05, 0) is 42.7 Å². The van der Waals surface area contributed by atoms with Crippen molar-refractivity contribution in [1.29, 1.82) is 0 Å². The number of ether oxygens (including phenoxy) is 1. The zero-order chi connectivity index (χ0) is 22.0. The maximum Gasteiger partial charge on any atom is 0.239 e. The molecule has 4 aromatic rings. The third-order valence-corrected chi connectivity index (χ3v) is 5.05. The van der Waals surface area contributed by atoms with Crippen LogP contribution in [0.25, 0.3) is 22.6 Å². The number of nitrogens with two attached hydrogens (primary N) is 1. The predicted molar refractivity (Wildman–Crippen MR) is 123 cm³/mol. The van der Waals surface area contributed by atoms with Gasteiger partial charge in [-0.15, -0.1) is 5.10 Å². The van der Waals surface area contributed by atoms with Crippen LogP contribution in [0.2, 0.25) is 0 Å². The number of benzene rings is 2. The first-order chi connectivity index (χ1) is 15.0. The molecule has 0 radical (unpaired) electrons. The van der Waals surface area contributed by atoms with E-state index < -0.39 is 0 Å². The van der Waals surface area contributed by atoms with Crippen molar-refractivity contribution in [2.45, 2.75) is 13.8 Å². The average Bonchev–Trinajstić information content (AvgIpc) is 3.17. The maximum absolute atomic E-state index is 9.27. The van der Waals surface area contributed by atoms with Crippen LogP contribution in [-0.2, 0) is 0 Å². The highest BCUT2D eigenvalue weighted by Gasteiger charge is 2.15. The van der Waals surface area contributed by atoms with Crippen LogP contribution in [0, 0.1) is 13.8 Å². The van der Waals surface area contributed by atoms with Gasteiger partial charge in [0.25, 0.3) is 0 Å². The number of para-hydroxylation sites is 1. The number of aromatic nitrogens is 3. The zero-order valence-corrected chi connectivity index (χ0v) is 17.6. The normalized spacial score (nSPS) is 10.9. The Labute approximate surface area is 180 Å². The van der Waals surface area contributed by atoms with Crippen LogP contribution in [0.3, 0.4) is 0 Å². The van der Waals surface area contributed by atoms with Crippen molar-refractivity contribution >= 4 is 17.0 Å². The summed E-state index contributed by atoms with van der Waals surface area (Å²) in [6.45, 7) is 8.19. The molecule has 2 aromatic carbocycles. The molecule has 0 saturated heterocycles. The smallest absolute Gasteiger partial charge is 0.239 e. The lowest BCUT2D eigenvalue weighted by molar-refractivity contribution is 0.311. The van der Waals surface area contributed by atoms with E-state index >= 15 is 0 Å². The molecule has 0 spiro atoms. The zero-order valence-electron chi connectivity index (χ0n) is 17.6. The van der Waals surface area contributed by atoms with Gasteiger partial charge in [0.05, 0.1) is 24.2 Å². The summed E-state index contributed by atoms with van der Waals surface area (Å²) in [5.41, 5.74) is 12.5. The maximum atomic E-state index is 9.27. The van der Waals surface area contributed by atoms with E-state index in [2.05, 4.69) is 16.9 Å². The number of aliphatic hydroxyl groups excluding tert-OH is 1. The molecule has 0 aliphatic carbocycles. The van der Waals surface area contributed by atoms with Crippen LogP contribution in [-0.4, -0.2) is 32.9 Å². The number of fused-ring (bicyclic) bond motifs is 1. The van der Waals surface area contributed by atoms with E-state index in [9.17, 15) is 5.11 Å². The van der Waals surface area contributed by atoms with Gasteiger partial charge in [0, 0.05) is 23.9 Å². The summed E-state index contributed by atoms with van der Waals surface area (Å²) in [4.78, 5) is 4.56. The molecule has 4 N–H and O–H groups in total. The molecule has 0 fully saturated rings. The van der Waals surface area contributed by atoms with Crippen molar-refractivity contribution in [3.63, 3.8) is 0 Å². The lowest BCUT2D eigenvalue weighted by atomic mass is 10.0. The number of hydrogen-bond acceptors (Lipinski definition) is 6. The second-order valence-corrected chi connectivity index (χ2v) is 7.35. The molecule has 0 aliphatic heterocycles. The molecule has 7 heteroatoms. The van der Waals surface area contributed by atoms with Crippen LogP contribution >= 0.6 is 0 Å². The second kappa shape index (κ2) is 8.49. The predicted octanol–water partition coefficient (Wildman–Crippen LogP) is 4.14. The fourth-order valence-corrected chi connectivity index (χ4v) is 3.48. The summed E-state index contributed by atoms with van der Waals surface area (Å²) in [5.74, 6) is 1.15. The molecule has 0 saturated carbocycles. The summed E-state index contributed by atoms with van der Waals surface area (Å²) < 4.78 is 7.83. The number of rotatable bonds is 7. The summed E-state index contributed by atoms with van der Waals surface area (Å²) in [6.07, 6.45) is 1.77. The van der Waals surface area contributed by atoms with Gasteiger partial charge in [-0.3, -0.25) is 0 Å². The van der Waals surface area contributed by atoms with Crippen LogP contribution in [0.4, 0.5) is 5.69 Å². The topological polar surface area (TPSA) is 97.7 Å². The molecule has 7 nitrogen and oxygen atoms in total. The number of aliphatic hydroxyl groups is 1. The van der Waals surface area contributed by atoms with E-state index in [-0.39, 0.29) is 6.61 Å². The highest BCUT2D eigenvalue weighted by atomic mass is 16.5. The molecule has 0 atom stereocenters. The van der Waals surface area contributed by atoms with Gasteiger partial charge in [0.1, 0.15) is 5.75 Å². The number of hydrogen-bond donors (Lipinski definition) is 3. The summed E-state index contributed by atoms with van der Waals surface area (Å²) in [6, 6.07) is 15.5. The van der Waals surface area contributed by atoms with Crippen LogP contribution in [0.15, 0.2) is 61.3 Å². The average molecular weight is 415 g/mol. The standard InChI is InChI=1S/C24H25N5O2/c1-15-6-4-5-7-22(15)31-23-13-20(26-10-11-30)24-27-14-21(29(24)28-23)18-8-9-19(17(3)25)16(2)12-18/h4-9,12-14,26,30H,3,10-11,25H2,1-2H3. The van der Waals surface area contributed by atoms with E-state index in [1.54, 1.807) is 16.8 Å². The van der Waals surface area contributed by atoms with Crippen molar-refractivity contribution in [3.05, 3.63) is 78.0 Å². The molecule has 0 bridgehead atoms. The molecule has 0 aliphatic rings. The monoisotopic (exact) mass is 415 g/mol. The van der Waals surface area contributed by atoms with Crippen molar-refractivity contribution < 1.29 is 9.84 Å². The number of aryl methyl sites for hydroxylation is 2. The first-order valence-electron chi connectivity index (χ1n) is 10.0. The summed E-state index contributed by atoms with van der Waals surface area (Å²) >= 11 is 0. The number of nitrogens with zero attached hydrogens (tertiary/aromatic N) is 3. The largest absolute Gasteiger partial charge is 0.437 e. The lowest BCUT2D eigenvalue weighted by Crippen LogP contribution is -2.09. The van der Waals surface area contributed by atoms with E-state index in [0.717, 1.165) is 39.4 Å². The summed E-state index contributed by atoms with van der Waals surface area (Å²) in [7, 11) is 0. The fourth-order valence-electron chi connectivity index (χ4n) is 3.48. The second-order valence-electron chi connectivity index (χ2n) is 7.35. The lowest BCUT2D eigenvalue weighted by Gasteiger charge is -2.13. The number of imidazole rings is 1. The first-order valence-corrected chi connectivity index (χ1v) is 10.0. The van der Waals surface area contributed by atoms with Gasteiger partial charge in [0.15, 0.2) is 5.65 Å². The Hall–Kier alpha value is -3.84. The minimum atomic E-state index is -0.000333. The van der Waals surface area contributed by atoms with E-state index in [1.807, 2.05) is 56.3 Å².